The van der Waals surface area contributed by atoms with Gasteiger partial charge in [0.1, 0.15) is 6.61 Å². The molecule has 0 aliphatic carbocycles. The van der Waals surface area contributed by atoms with Crippen molar-refractivity contribution < 1.29 is 37.6 Å². The lowest BCUT2D eigenvalue weighted by Crippen LogP contribution is -2.29. The minimum atomic E-state index is -4.38. The van der Waals surface area contributed by atoms with Crippen molar-refractivity contribution in [1.82, 2.24) is 0 Å². The maximum Gasteiger partial charge on any atom is 0.472 e. The number of esters is 2. The number of phosphoric acid groups is 1. The summed E-state index contributed by atoms with van der Waals surface area (Å²) < 4.78 is 33.0. The van der Waals surface area contributed by atoms with E-state index in [9.17, 15) is 19.0 Å². The second-order valence-corrected chi connectivity index (χ2v) is 19.6. The molecule has 0 aromatic heterocycles. The first-order valence-corrected chi connectivity index (χ1v) is 28.3. The average Bonchev–Trinajstić information content (AvgIpc) is 3.27. The molecule has 63 heavy (non-hydrogen) atoms. The van der Waals surface area contributed by atoms with Crippen LogP contribution in [-0.2, 0) is 32.7 Å². The molecule has 0 bridgehead atoms. The minimum absolute atomic E-state index is 0.0560. The number of carbonyl (C=O) groups is 2. The molecule has 0 spiro atoms. The van der Waals surface area contributed by atoms with Crippen LogP contribution in [0.15, 0.2) is 24.3 Å². The van der Waals surface area contributed by atoms with Crippen LogP contribution in [0.1, 0.15) is 271 Å². The Bertz CT molecular complexity index is 1090. The van der Waals surface area contributed by atoms with Gasteiger partial charge in [0.25, 0.3) is 0 Å². The van der Waals surface area contributed by atoms with Gasteiger partial charge in [0, 0.05) is 19.4 Å². The summed E-state index contributed by atoms with van der Waals surface area (Å²) >= 11 is 0. The van der Waals surface area contributed by atoms with E-state index in [-0.39, 0.29) is 38.6 Å². The highest BCUT2D eigenvalue weighted by atomic mass is 31.2. The number of rotatable bonds is 51. The van der Waals surface area contributed by atoms with Gasteiger partial charge in [-0.15, -0.1) is 0 Å². The van der Waals surface area contributed by atoms with Crippen molar-refractivity contribution in [3.05, 3.63) is 24.3 Å². The monoisotopic (exact) mass is 912 g/mol. The molecule has 372 valence electrons. The zero-order chi connectivity index (χ0) is 46.0. The summed E-state index contributed by atoms with van der Waals surface area (Å²) in [5, 5.41) is 0. The molecule has 0 fully saturated rings. The van der Waals surface area contributed by atoms with Crippen molar-refractivity contribution in [2.45, 2.75) is 277 Å². The molecule has 10 heteroatoms. The lowest BCUT2D eigenvalue weighted by atomic mass is 10.0. The van der Waals surface area contributed by atoms with Gasteiger partial charge in [0.2, 0.25) is 0 Å². The Morgan fingerprint density at radius 3 is 1.21 bits per heavy atom. The fourth-order valence-electron chi connectivity index (χ4n) is 7.84. The van der Waals surface area contributed by atoms with E-state index in [1.165, 1.54) is 199 Å². The van der Waals surface area contributed by atoms with Crippen molar-refractivity contribution in [2.75, 3.05) is 26.4 Å². The molecule has 0 aromatic carbocycles. The highest BCUT2D eigenvalue weighted by Crippen LogP contribution is 2.43. The molecule has 3 N–H and O–H groups in total. The summed E-state index contributed by atoms with van der Waals surface area (Å²) in [7, 11) is -4.38. The Morgan fingerprint density at radius 1 is 0.476 bits per heavy atom. The van der Waals surface area contributed by atoms with Crippen molar-refractivity contribution in [3.8, 4) is 0 Å². The molecule has 0 saturated heterocycles. The van der Waals surface area contributed by atoms with Gasteiger partial charge in [-0.25, -0.2) is 4.57 Å². The van der Waals surface area contributed by atoms with Crippen LogP contribution >= 0.6 is 7.82 Å². The molecule has 9 nitrogen and oxygen atoms in total. The molecule has 2 atom stereocenters. The summed E-state index contributed by atoms with van der Waals surface area (Å²) in [6, 6.07) is 0. The van der Waals surface area contributed by atoms with Crippen molar-refractivity contribution >= 4 is 19.8 Å². The number of carbonyl (C=O) groups excluding carboxylic acids is 2. The van der Waals surface area contributed by atoms with Crippen molar-refractivity contribution in [2.24, 2.45) is 5.73 Å². The summed E-state index contributed by atoms with van der Waals surface area (Å²) in [5.41, 5.74) is 5.37. The van der Waals surface area contributed by atoms with Gasteiger partial charge in [-0.2, -0.15) is 0 Å². The van der Waals surface area contributed by atoms with Gasteiger partial charge in [-0.3, -0.25) is 18.6 Å². The first-order valence-electron chi connectivity index (χ1n) is 26.8. The third-order valence-corrected chi connectivity index (χ3v) is 12.8. The first kappa shape index (κ1) is 61.5. The number of ether oxygens (including phenoxy) is 2. The van der Waals surface area contributed by atoms with Crippen LogP contribution in [0.2, 0.25) is 0 Å². The van der Waals surface area contributed by atoms with Crippen molar-refractivity contribution in [3.63, 3.8) is 0 Å². The van der Waals surface area contributed by atoms with Crippen LogP contribution in [0.5, 0.6) is 0 Å². The highest BCUT2D eigenvalue weighted by Gasteiger charge is 2.26. The number of phosphoric ester groups is 1. The lowest BCUT2D eigenvalue weighted by Gasteiger charge is -2.19. The summed E-state index contributed by atoms with van der Waals surface area (Å²) in [5.74, 6) is -0.813. The topological polar surface area (TPSA) is 134 Å². The van der Waals surface area contributed by atoms with Crippen LogP contribution in [0.3, 0.4) is 0 Å². The van der Waals surface area contributed by atoms with E-state index >= 15 is 0 Å². The van der Waals surface area contributed by atoms with E-state index in [2.05, 4.69) is 38.2 Å². The Hall–Kier alpha value is -1.51. The van der Waals surface area contributed by atoms with Crippen molar-refractivity contribution in [1.29, 1.82) is 0 Å². The van der Waals surface area contributed by atoms with E-state index in [0.717, 1.165) is 38.5 Å². The molecule has 0 saturated carbocycles. The van der Waals surface area contributed by atoms with E-state index in [1.54, 1.807) is 0 Å². The molecule has 0 aliphatic heterocycles. The predicted molar refractivity (Wildman–Crippen MR) is 266 cm³/mol. The smallest absolute Gasteiger partial charge is 0.462 e. The second-order valence-electron chi connectivity index (χ2n) is 18.1. The zero-order valence-corrected chi connectivity index (χ0v) is 42.2. The van der Waals surface area contributed by atoms with Gasteiger partial charge < -0.3 is 20.1 Å². The molecule has 0 aliphatic rings. The lowest BCUT2D eigenvalue weighted by molar-refractivity contribution is -0.161. The molecule has 0 aromatic rings. The molecule has 2 unspecified atom stereocenters. The minimum Gasteiger partial charge on any atom is -0.462 e. The number of hydrogen-bond donors (Lipinski definition) is 2. The molecule has 0 radical (unpaired) electrons. The number of nitrogens with two attached hydrogens (primary N) is 1. The Balaban J connectivity index is 3.94. The highest BCUT2D eigenvalue weighted by molar-refractivity contribution is 7.47. The Kier molecular flexibility index (Phi) is 48.7. The summed E-state index contributed by atoms with van der Waals surface area (Å²) in [4.78, 5) is 35.1. The fourth-order valence-corrected chi connectivity index (χ4v) is 8.61. The second kappa shape index (κ2) is 49.9. The molecule has 0 rings (SSSR count). The molecule has 0 heterocycles. The maximum absolute atomic E-state index is 12.7. The SMILES string of the molecule is CCCCCCC/C=C\C/C=C\CCCCCCCCCCCCCCCCCC(=O)OC(COC(=O)CCCCCCCCCCCCCCCCC)COP(=O)(O)OCCN. The molecular formula is C53H102NO8P. The van der Waals surface area contributed by atoms with E-state index < -0.39 is 26.5 Å². The fraction of sp³-hybridized carbons (Fsp3) is 0.887. The predicted octanol–water partition coefficient (Wildman–Crippen LogP) is 16.3. The van der Waals surface area contributed by atoms with Crippen LogP contribution in [0.4, 0.5) is 0 Å². The van der Waals surface area contributed by atoms with Gasteiger partial charge in [0.15, 0.2) is 6.10 Å². The summed E-state index contributed by atoms with van der Waals surface area (Å²) in [6.45, 7) is 3.77. The van der Waals surface area contributed by atoms with Crippen LogP contribution < -0.4 is 5.73 Å². The van der Waals surface area contributed by atoms with Crippen LogP contribution in [0.25, 0.3) is 0 Å². The normalized spacial score (nSPS) is 13.3. The van der Waals surface area contributed by atoms with E-state index in [0.29, 0.717) is 6.42 Å². The van der Waals surface area contributed by atoms with Gasteiger partial charge in [-0.1, -0.05) is 237 Å². The standard InChI is InChI=1S/C53H102NO8P/c1-3-5-7-9-11-13-15-17-19-20-21-22-23-24-25-26-27-28-29-30-32-34-36-38-40-42-44-46-53(56)62-51(50-61-63(57,58)60-48-47-54)49-59-52(55)45-43-41-39-37-35-33-31-18-16-14-12-10-8-6-4-2/h15,17,20-21,51H,3-14,16,18-19,22-50,54H2,1-2H3,(H,57,58)/b17-15-,21-20-. The third kappa shape index (κ3) is 49.8. The number of unbranched alkanes of at least 4 members (excludes halogenated alkanes) is 34. The average molecular weight is 912 g/mol. The maximum atomic E-state index is 12.7. The van der Waals surface area contributed by atoms with Gasteiger partial charge in [-0.05, 0) is 44.9 Å². The Labute approximate surface area is 389 Å². The van der Waals surface area contributed by atoms with Gasteiger partial charge in [0.05, 0.1) is 13.2 Å². The van der Waals surface area contributed by atoms with Gasteiger partial charge >= 0.3 is 19.8 Å². The zero-order valence-electron chi connectivity index (χ0n) is 41.3. The van der Waals surface area contributed by atoms with E-state index in [4.69, 9.17) is 24.3 Å². The van der Waals surface area contributed by atoms with Crippen LogP contribution in [0, 0.1) is 0 Å². The third-order valence-electron chi connectivity index (χ3n) is 11.8. The first-order chi connectivity index (χ1) is 30.8. The van der Waals surface area contributed by atoms with Crippen LogP contribution in [-0.4, -0.2) is 49.3 Å². The number of hydrogen-bond acceptors (Lipinski definition) is 8. The largest absolute Gasteiger partial charge is 0.472 e. The summed E-state index contributed by atoms with van der Waals surface area (Å²) in [6.07, 6.45) is 56.5. The molecule has 0 amide bonds. The molecular weight excluding hydrogens is 810 g/mol. The number of allylic oxidation sites excluding steroid dienone is 4. The Morgan fingerprint density at radius 2 is 0.825 bits per heavy atom. The van der Waals surface area contributed by atoms with E-state index in [1.807, 2.05) is 0 Å². The quantitative estimate of drug-likeness (QED) is 0.0265.